The van der Waals surface area contributed by atoms with E-state index >= 15 is 0 Å². The van der Waals surface area contributed by atoms with Gasteiger partial charge in [-0.15, -0.1) is 0 Å². The number of aromatic amines is 1. The summed E-state index contributed by atoms with van der Waals surface area (Å²) in [4.78, 5) is 23.1. The number of fused-ring (bicyclic) bond motifs is 1. The van der Waals surface area contributed by atoms with Crippen molar-refractivity contribution in [3.63, 3.8) is 0 Å². The molecule has 3 amide bonds. The van der Waals surface area contributed by atoms with Crippen molar-refractivity contribution in [2.75, 3.05) is 16.4 Å². The molecule has 31 heavy (non-hydrogen) atoms. The van der Waals surface area contributed by atoms with E-state index in [2.05, 4.69) is 25.6 Å². The average molecular weight is 420 g/mol. The third kappa shape index (κ3) is 4.22. The van der Waals surface area contributed by atoms with E-state index in [4.69, 9.17) is 11.5 Å². The Labute approximate surface area is 175 Å². The quantitative estimate of drug-likeness (QED) is 0.338. The van der Waals surface area contributed by atoms with E-state index in [9.17, 15) is 14.0 Å². The summed E-state index contributed by atoms with van der Waals surface area (Å²) in [6.07, 6.45) is -1.05. The van der Waals surface area contributed by atoms with E-state index in [0.717, 1.165) is 34.2 Å². The van der Waals surface area contributed by atoms with Crippen LogP contribution in [-0.4, -0.2) is 22.3 Å². The molecule has 0 unspecified atom stereocenters. The van der Waals surface area contributed by atoms with E-state index < -0.39 is 17.9 Å². The molecule has 4 aromatic rings. The normalized spacial score (nSPS) is 10.6. The summed E-state index contributed by atoms with van der Waals surface area (Å²) in [6, 6.07) is 15.5. The average Bonchev–Trinajstić information content (AvgIpc) is 3.12. The molecule has 0 saturated heterocycles. The minimum atomic E-state index is -1.05. The SMILES string of the molecule is NC(=O)Oc1ccc(F)c(NC(=O)Nc2ccc(-c3cccc4[nH]nc(N)c34)cc2)c1. The molecule has 0 aliphatic rings. The smallest absolute Gasteiger partial charge is 0.409 e. The Balaban J connectivity index is 1.49. The first kappa shape index (κ1) is 19.7. The number of amides is 3. The van der Waals surface area contributed by atoms with Gasteiger partial charge in [0.2, 0.25) is 0 Å². The number of H-pyrrole nitrogens is 1. The summed E-state index contributed by atoms with van der Waals surface area (Å²) in [5, 5.41) is 12.7. The predicted octanol–water partition coefficient (Wildman–Crippen LogP) is 4.05. The Kier molecular flexibility index (Phi) is 5.10. The fraction of sp³-hybridized carbons (Fsp3) is 0. The molecule has 0 spiro atoms. The first-order chi connectivity index (χ1) is 14.9. The van der Waals surface area contributed by atoms with Gasteiger partial charge in [0.15, 0.2) is 5.82 Å². The Bertz CT molecular complexity index is 1290. The topological polar surface area (TPSA) is 148 Å². The summed E-state index contributed by atoms with van der Waals surface area (Å²) in [5.74, 6) is -0.300. The Morgan fingerprint density at radius 3 is 2.55 bits per heavy atom. The fourth-order valence-electron chi connectivity index (χ4n) is 3.14. The lowest BCUT2D eigenvalue weighted by atomic mass is 10.0. The maximum Gasteiger partial charge on any atom is 0.409 e. The molecule has 3 aromatic carbocycles. The van der Waals surface area contributed by atoms with Crippen LogP contribution in [0.1, 0.15) is 0 Å². The van der Waals surface area contributed by atoms with Gasteiger partial charge < -0.3 is 26.8 Å². The van der Waals surface area contributed by atoms with E-state index in [1.807, 2.05) is 30.3 Å². The second kappa shape index (κ2) is 8.03. The fourth-order valence-corrected chi connectivity index (χ4v) is 3.14. The predicted molar refractivity (Wildman–Crippen MR) is 115 cm³/mol. The number of nitrogens with zero attached hydrogens (tertiary/aromatic N) is 1. The van der Waals surface area contributed by atoms with E-state index in [1.54, 1.807) is 12.1 Å². The van der Waals surface area contributed by atoms with Crippen LogP contribution in [0.2, 0.25) is 0 Å². The zero-order valence-corrected chi connectivity index (χ0v) is 16.0. The zero-order chi connectivity index (χ0) is 22.0. The second-order valence-corrected chi connectivity index (χ2v) is 6.56. The van der Waals surface area contributed by atoms with Crippen molar-refractivity contribution in [2.45, 2.75) is 0 Å². The highest BCUT2D eigenvalue weighted by molar-refractivity contribution is 6.02. The minimum Gasteiger partial charge on any atom is -0.410 e. The van der Waals surface area contributed by atoms with Gasteiger partial charge in [-0.25, -0.2) is 14.0 Å². The Morgan fingerprint density at radius 1 is 1.03 bits per heavy atom. The lowest BCUT2D eigenvalue weighted by molar-refractivity contribution is 0.211. The Hall–Kier alpha value is -4.60. The minimum absolute atomic E-state index is 0.00116. The summed E-state index contributed by atoms with van der Waals surface area (Å²) >= 11 is 0. The molecule has 0 radical (unpaired) electrons. The molecule has 1 aromatic heterocycles. The van der Waals surface area contributed by atoms with Crippen molar-refractivity contribution in [3.05, 3.63) is 66.5 Å². The number of aromatic nitrogens is 2. The number of anilines is 3. The maximum absolute atomic E-state index is 13.9. The summed E-state index contributed by atoms with van der Waals surface area (Å²) < 4.78 is 18.6. The first-order valence-electron chi connectivity index (χ1n) is 9.08. The number of hydrogen-bond donors (Lipinski definition) is 5. The molecule has 0 aliphatic carbocycles. The highest BCUT2D eigenvalue weighted by Gasteiger charge is 2.12. The van der Waals surface area contributed by atoms with Gasteiger partial charge in [0.25, 0.3) is 0 Å². The van der Waals surface area contributed by atoms with Crippen LogP contribution in [-0.2, 0) is 0 Å². The van der Waals surface area contributed by atoms with Crippen LogP contribution in [0.3, 0.4) is 0 Å². The number of urea groups is 1. The van der Waals surface area contributed by atoms with Crippen molar-refractivity contribution in [3.8, 4) is 16.9 Å². The van der Waals surface area contributed by atoms with Crippen LogP contribution >= 0.6 is 0 Å². The molecule has 4 rings (SSSR count). The molecule has 10 heteroatoms. The van der Waals surface area contributed by atoms with Gasteiger partial charge in [-0.2, -0.15) is 5.10 Å². The number of carbonyl (C=O) groups excluding carboxylic acids is 2. The van der Waals surface area contributed by atoms with Crippen molar-refractivity contribution in [1.82, 2.24) is 10.2 Å². The van der Waals surface area contributed by atoms with Gasteiger partial charge in [-0.05, 0) is 41.5 Å². The van der Waals surface area contributed by atoms with Crippen LogP contribution in [0.5, 0.6) is 5.75 Å². The summed E-state index contributed by atoms with van der Waals surface area (Å²) in [7, 11) is 0. The number of nitrogens with two attached hydrogens (primary N) is 2. The summed E-state index contributed by atoms with van der Waals surface area (Å²) in [5.41, 5.74) is 13.8. The molecule has 1 heterocycles. The van der Waals surface area contributed by atoms with Crippen LogP contribution in [0.4, 0.5) is 31.2 Å². The molecule has 7 N–H and O–H groups in total. The molecule has 156 valence electrons. The third-order valence-corrected chi connectivity index (χ3v) is 4.48. The molecule has 0 saturated carbocycles. The van der Waals surface area contributed by atoms with E-state index in [0.29, 0.717) is 11.5 Å². The molecule has 0 bridgehead atoms. The van der Waals surface area contributed by atoms with Gasteiger partial charge in [-0.3, -0.25) is 5.10 Å². The van der Waals surface area contributed by atoms with Crippen molar-refractivity contribution in [1.29, 1.82) is 0 Å². The molecular formula is C21H17FN6O3. The van der Waals surface area contributed by atoms with Gasteiger partial charge in [0.05, 0.1) is 16.6 Å². The van der Waals surface area contributed by atoms with Crippen LogP contribution in [0.25, 0.3) is 22.0 Å². The number of hydrogen-bond acceptors (Lipinski definition) is 5. The molecule has 0 atom stereocenters. The van der Waals surface area contributed by atoms with Gasteiger partial charge in [0.1, 0.15) is 11.6 Å². The first-order valence-corrected chi connectivity index (χ1v) is 9.08. The highest BCUT2D eigenvalue weighted by atomic mass is 19.1. The molecule has 9 nitrogen and oxygen atoms in total. The highest BCUT2D eigenvalue weighted by Crippen LogP contribution is 2.31. The summed E-state index contributed by atoms with van der Waals surface area (Å²) in [6.45, 7) is 0. The van der Waals surface area contributed by atoms with Gasteiger partial charge in [0, 0.05) is 11.8 Å². The molecule has 0 aliphatic heterocycles. The van der Waals surface area contributed by atoms with Crippen molar-refractivity contribution in [2.24, 2.45) is 5.73 Å². The second-order valence-electron chi connectivity index (χ2n) is 6.56. The third-order valence-electron chi connectivity index (χ3n) is 4.48. The van der Waals surface area contributed by atoms with E-state index in [1.165, 1.54) is 6.07 Å². The molecule has 0 fully saturated rings. The van der Waals surface area contributed by atoms with Crippen LogP contribution in [0.15, 0.2) is 60.7 Å². The van der Waals surface area contributed by atoms with Crippen LogP contribution in [0, 0.1) is 5.82 Å². The molecular weight excluding hydrogens is 403 g/mol. The number of nitrogens with one attached hydrogen (secondary N) is 3. The monoisotopic (exact) mass is 420 g/mol. The van der Waals surface area contributed by atoms with Crippen molar-refractivity contribution >= 4 is 40.2 Å². The van der Waals surface area contributed by atoms with E-state index in [-0.39, 0.29) is 11.4 Å². The number of benzene rings is 3. The zero-order valence-electron chi connectivity index (χ0n) is 16.0. The lowest BCUT2D eigenvalue weighted by Crippen LogP contribution is -2.20. The Morgan fingerprint density at radius 2 is 1.81 bits per heavy atom. The number of carbonyl (C=O) groups is 2. The van der Waals surface area contributed by atoms with Gasteiger partial charge >= 0.3 is 12.1 Å². The maximum atomic E-state index is 13.9. The largest absolute Gasteiger partial charge is 0.410 e. The number of nitrogen functional groups attached to an aromatic ring is 1. The van der Waals surface area contributed by atoms with Crippen molar-refractivity contribution < 1.29 is 18.7 Å². The number of ether oxygens (including phenoxy) is 1. The van der Waals surface area contributed by atoms with Crippen LogP contribution < -0.4 is 26.8 Å². The number of halogens is 1. The lowest BCUT2D eigenvalue weighted by Gasteiger charge is -2.11. The number of rotatable bonds is 4. The number of primary amides is 1. The van der Waals surface area contributed by atoms with Gasteiger partial charge in [-0.1, -0.05) is 24.3 Å². The standard InChI is InChI=1S/C21H17FN6O3/c22-15-9-8-13(31-20(24)29)10-17(15)26-21(30)25-12-6-4-11(5-7-12)14-2-1-3-16-18(14)19(23)28-27-16/h1-10H,(H2,24,29)(H3,23,27,28)(H2,25,26,30).